The third-order valence-corrected chi connectivity index (χ3v) is 7.36. The van der Waals surface area contributed by atoms with Gasteiger partial charge in [0, 0.05) is 25.3 Å². The number of likely N-dealkylation sites (tertiary alicyclic amines) is 1. The number of para-hydroxylation sites is 1. The molecule has 9 nitrogen and oxygen atoms in total. The lowest BCUT2D eigenvalue weighted by Crippen LogP contribution is -2.51. The van der Waals surface area contributed by atoms with Gasteiger partial charge in [0.2, 0.25) is 5.91 Å². The number of halogens is 2. The van der Waals surface area contributed by atoms with E-state index < -0.39 is 41.1 Å². The second kappa shape index (κ2) is 9.20. The van der Waals surface area contributed by atoms with E-state index in [-0.39, 0.29) is 48.1 Å². The van der Waals surface area contributed by atoms with Gasteiger partial charge in [-0.05, 0) is 30.0 Å². The van der Waals surface area contributed by atoms with Gasteiger partial charge in [0.15, 0.2) is 11.6 Å². The maximum atomic E-state index is 14.2. The first-order valence-corrected chi connectivity index (χ1v) is 12.3. The van der Waals surface area contributed by atoms with Gasteiger partial charge in [-0.3, -0.25) is 24.1 Å². The van der Waals surface area contributed by atoms with Crippen molar-refractivity contribution in [1.82, 2.24) is 19.8 Å². The molecule has 0 saturated carbocycles. The lowest BCUT2D eigenvalue weighted by Gasteiger charge is -2.31. The third-order valence-electron chi connectivity index (χ3n) is 7.36. The highest BCUT2D eigenvalue weighted by atomic mass is 19.1. The summed E-state index contributed by atoms with van der Waals surface area (Å²) in [6, 6.07) is 7.97. The highest BCUT2D eigenvalue weighted by Crippen LogP contribution is 2.47. The van der Waals surface area contributed by atoms with Crippen molar-refractivity contribution in [2.24, 2.45) is 5.92 Å². The number of fused-ring (bicyclic) bond motifs is 3. The highest BCUT2D eigenvalue weighted by Gasteiger charge is 2.59. The number of nitrogens with one attached hydrogen (secondary N) is 2. The Hall–Kier alpha value is -4.33. The minimum absolute atomic E-state index is 0.000118. The summed E-state index contributed by atoms with van der Waals surface area (Å²) in [5.41, 5.74) is 0.194. The molecule has 3 aromatic rings. The molecule has 11 heteroatoms. The van der Waals surface area contributed by atoms with Crippen LogP contribution in [0.25, 0.3) is 15.9 Å². The first kappa shape index (κ1) is 25.3. The predicted octanol–water partition coefficient (Wildman–Crippen LogP) is 3.70. The van der Waals surface area contributed by atoms with Crippen LogP contribution in [0.15, 0.2) is 36.4 Å². The summed E-state index contributed by atoms with van der Waals surface area (Å²) in [4.78, 5) is 53.4. The predicted molar refractivity (Wildman–Crippen MR) is 135 cm³/mol. The fourth-order valence-corrected chi connectivity index (χ4v) is 5.47. The quantitative estimate of drug-likeness (QED) is 0.501. The number of nitrogens with zero attached hydrogens (tertiary/aromatic N) is 4. The maximum Gasteiger partial charge on any atom is 0.302 e. The number of hydrogen-bond acceptors (Lipinski definition) is 4. The maximum absolute atomic E-state index is 14.2. The number of hydrogen-bond donors (Lipinski definition) is 2. The molecule has 3 amide bonds. The van der Waals surface area contributed by atoms with Gasteiger partial charge in [0.25, 0.3) is 11.8 Å². The van der Waals surface area contributed by atoms with E-state index in [0.717, 1.165) is 11.6 Å². The lowest BCUT2D eigenvalue weighted by molar-refractivity contribution is -0.136. The van der Waals surface area contributed by atoms with Gasteiger partial charge in [-0.25, -0.2) is 20.3 Å². The molecule has 1 saturated heterocycles. The Morgan fingerprint density at radius 2 is 2.03 bits per heavy atom. The van der Waals surface area contributed by atoms with Crippen molar-refractivity contribution in [3.63, 3.8) is 0 Å². The average molecular weight is 521 g/mol. The summed E-state index contributed by atoms with van der Waals surface area (Å²) in [7, 11) is 1.44. The monoisotopic (exact) mass is 520 g/mol. The van der Waals surface area contributed by atoms with Crippen molar-refractivity contribution in [2.45, 2.75) is 44.3 Å². The second-order valence-electron chi connectivity index (χ2n) is 10.3. The Bertz CT molecular complexity index is 1510. The molecule has 2 aromatic carbocycles. The second-order valence-corrected chi connectivity index (χ2v) is 10.3. The highest BCUT2D eigenvalue weighted by molar-refractivity contribution is 6.07. The van der Waals surface area contributed by atoms with E-state index in [1.54, 1.807) is 12.1 Å². The number of anilines is 1. The number of H-pyrrole nitrogens is 1. The number of carbonyl (C=O) groups is 3. The number of aromatic amines is 1. The summed E-state index contributed by atoms with van der Waals surface area (Å²) in [6.45, 7) is 11.6. The fraction of sp³-hybridized carbons (Fsp3) is 0.370. The van der Waals surface area contributed by atoms with Crippen LogP contribution in [0.1, 0.15) is 42.9 Å². The minimum atomic E-state index is -1.05. The number of imidazole rings is 1. The van der Waals surface area contributed by atoms with Gasteiger partial charge in [0.05, 0.1) is 11.9 Å². The Labute approximate surface area is 217 Å². The van der Waals surface area contributed by atoms with E-state index in [9.17, 15) is 23.2 Å². The zero-order valence-corrected chi connectivity index (χ0v) is 21.1. The van der Waals surface area contributed by atoms with E-state index in [2.05, 4.69) is 20.1 Å². The first-order chi connectivity index (χ1) is 18.1. The minimum Gasteiger partial charge on any atom is -0.334 e. The standard InChI is InChI=1S/C27H26F2N6O3/c1-14(2)9-20(34(4)25(37)23-31-19-11-15(28)10-17(29)22(19)33-23)24(36)35-13-27(12-21(35)30-3)16-7-5-6-8-18(16)32-26(27)38/h5-8,10-11,14,20-21H,9,12-13H2,1-2,4H3,(H,31,33)(H,32,38)/t20-,21-,27-/m0/s1. The van der Waals surface area contributed by atoms with Crippen molar-refractivity contribution in [3.8, 4) is 0 Å². The summed E-state index contributed by atoms with van der Waals surface area (Å²) in [5, 5.41) is 2.87. The van der Waals surface area contributed by atoms with Crippen molar-refractivity contribution < 1.29 is 23.2 Å². The van der Waals surface area contributed by atoms with Gasteiger partial charge in [0.1, 0.15) is 22.8 Å². The van der Waals surface area contributed by atoms with Crippen molar-refractivity contribution in [2.75, 3.05) is 18.9 Å². The van der Waals surface area contributed by atoms with Crippen LogP contribution in [0.2, 0.25) is 0 Å². The van der Waals surface area contributed by atoms with Gasteiger partial charge < -0.3 is 15.2 Å². The average Bonchev–Trinajstić information content (AvgIpc) is 3.56. The summed E-state index contributed by atoms with van der Waals surface area (Å²) < 4.78 is 27.8. The molecule has 196 valence electrons. The van der Waals surface area contributed by atoms with Crippen LogP contribution in [0.5, 0.6) is 0 Å². The molecule has 5 rings (SSSR count). The molecule has 0 bridgehead atoms. The number of aromatic nitrogens is 2. The fourth-order valence-electron chi connectivity index (χ4n) is 5.47. The van der Waals surface area contributed by atoms with E-state index >= 15 is 0 Å². The normalized spacial score (nSPS) is 21.0. The van der Waals surface area contributed by atoms with E-state index in [1.165, 1.54) is 16.8 Å². The molecule has 1 fully saturated rings. The van der Waals surface area contributed by atoms with Crippen molar-refractivity contribution in [1.29, 1.82) is 0 Å². The van der Waals surface area contributed by atoms with E-state index in [1.807, 2.05) is 26.0 Å². The molecule has 1 aromatic heterocycles. The molecule has 38 heavy (non-hydrogen) atoms. The molecule has 2 aliphatic heterocycles. The van der Waals surface area contributed by atoms with Crippen LogP contribution in [-0.2, 0) is 15.0 Å². The molecular formula is C27H26F2N6O3. The SMILES string of the molecule is [C-]#[N+][C@@H]1C[C@@]2(CN1C(=O)[C@H](CC(C)C)N(C)C(=O)c1nc3c(F)cc(F)cc3[nH]1)C(=O)Nc1ccccc12. The number of amides is 3. The van der Waals surface area contributed by atoms with Crippen LogP contribution in [0.4, 0.5) is 14.5 Å². The first-order valence-electron chi connectivity index (χ1n) is 12.3. The van der Waals surface area contributed by atoms with Crippen LogP contribution < -0.4 is 5.32 Å². The van der Waals surface area contributed by atoms with Gasteiger partial charge >= 0.3 is 6.17 Å². The zero-order valence-electron chi connectivity index (χ0n) is 21.1. The van der Waals surface area contributed by atoms with Crippen LogP contribution in [0, 0.1) is 24.1 Å². The number of rotatable bonds is 5. The lowest BCUT2D eigenvalue weighted by atomic mass is 9.80. The Morgan fingerprint density at radius 3 is 2.74 bits per heavy atom. The molecule has 3 heterocycles. The van der Waals surface area contributed by atoms with Gasteiger partial charge in [-0.2, -0.15) is 0 Å². The van der Waals surface area contributed by atoms with Crippen molar-refractivity contribution >= 4 is 34.4 Å². The zero-order chi connectivity index (χ0) is 27.4. The number of benzene rings is 2. The molecule has 2 N–H and O–H groups in total. The molecule has 2 aliphatic rings. The number of likely N-dealkylation sites (N-methyl/N-ethyl adjacent to an activating group) is 1. The molecule has 0 aliphatic carbocycles. The summed E-state index contributed by atoms with van der Waals surface area (Å²) in [5.74, 6) is -3.37. The van der Waals surface area contributed by atoms with Crippen LogP contribution >= 0.6 is 0 Å². The molecule has 1 spiro atoms. The van der Waals surface area contributed by atoms with Crippen LogP contribution in [-0.4, -0.2) is 63.3 Å². The topological polar surface area (TPSA) is 103 Å². The van der Waals surface area contributed by atoms with Crippen molar-refractivity contribution in [3.05, 3.63) is 70.8 Å². The smallest absolute Gasteiger partial charge is 0.302 e. The molecule has 0 unspecified atom stereocenters. The Balaban J connectivity index is 1.46. The number of carbonyl (C=O) groups excluding carboxylic acids is 3. The van der Waals surface area contributed by atoms with Crippen LogP contribution in [0.3, 0.4) is 0 Å². The Morgan fingerprint density at radius 1 is 1.29 bits per heavy atom. The Kier molecular flexibility index (Phi) is 6.13. The van der Waals surface area contributed by atoms with E-state index in [4.69, 9.17) is 6.57 Å². The molecular weight excluding hydrogens is 494 g/mol. The summed E-state index contributed by atoms with van der Waals surface area (Å²) >= 11 is 0. The third kappa shape index (κ3) is 3.97. The molecule has 0 radical (unpaired) electrons. The van der Waals surface area contributed by atoms with E-state index in [0.29, 0.717) is 11.8 Å². The largest absolute Gasteiger partial charge is 0.334 e. The van der Waals surface area contributed by atoms with Gasteiger partial charge in [-0.15, -0.1) is 0 Å². The summed E-state index contributed by atoms with van der Waals surface area (Å²) in [6.07, 6.45) is -0.465. The molecule has 3 atom stereocenters. The van der Waals surface area contributed by atoms with Gasteiger partial charge in [-0.1, -0.05) is 32.0 Å².